The third kappa shape index (κ3) is 2.88. The molecule has 16 heavy (non-hydrogen) atoms. The fourth-order valence-corrected chi connectivity index (χ4v) is 2.01. The second-order valence-corrected chi connectivity index (χ2v) is 4.67. The summed E-state index contributed by atoms with van der Waals surface area (Å²) < 4.78 is 5.67. The van der Waals surface area contributed by atoms with Crippen LogP contribution < -0.4 is 16.0 Å². The van der Waals surface area contributed by atoms with Gasteiger partial charge < -0.3 is 4.74 Å². The van der Waals surface area contributed by atoms with Crippen molar-refractivity contribution in [2.75, 3.05) is 6.61 Å². The minimum Gasteiger partial charge on any atom is -0.492 e. The molecular formula is C12H17ClN2O. The van der Waals surface area contributed by atoms with Crippen molar-refractivity contribution < 1.29 is 4.74 Å². The quantitative estimate of drug-likeness (QED) is 0.614. The molecule has 2 rings (SSSR count). The topological polar surface area (TPSA) is 47.3 Å². The van der Waals surface area contributed by atoms with Crippen molar-refractivity contribution in [3.05, 3.63) is 29.3 Å². The van der Waals surface area contributed by atoms with Crippen molar-refractivity contribution in [2.24, 2.45) is 11.8 Å². The predicted octanol–water partition coefficient (Wildman–Crippen LogP) is 2.35. The number of hydrogen-bond acceptors (Lipinski definition) is 3. The van der Waals surface area contributed by atoms with E-state index >= 15 is 0 Å². The smallest absolute Gasteiger partial charge is 0.119 e. The molecule has 1 aromatic carbocycles. The number of benzene rings is 1. The Balaban J connectivity index is 1.83. The lowest BCUT2D eigenvalue weighted by Gasteiger charge is -2.33. The fourth-order valence-electron chi connectivity index (χ4n) is 1.88. The first kappa shape index (κ1) is 11.7. The zero-order valence-electron chi connectivity index (χ0n) is 9.16. The maximum atomic E-state index is 5.80. The van der Waals surface area contributed by atoms with Gasteiger partial charge in [0.1, 0.15) is 12.4 Å². The molecule has 0 heterocycles. The van der Waals surface area contributed by atoms with Crippen LogP contribution in [0.4, 0.5) is 0 Å². The van der Waals surface area contributed by atoms with Crippen LogP contribution in [0.3, 0.4) is 0 Å². The van der Waals surface area contributed by atoms with Crippen LogP contribution in [0, 0.1) is 5.92 Å². The van der Waals surface area contributed by atoms with Gasteiger partial charge in [0.05, 0.1) is 6.04 Å². The van der Waals surface area contributed by atoms with Gasteiger partial charge in [-0.25, -0.2) is 0 Å². The highest BCUT2D eigenvalue weighted by Crippen LogP contribution is 2.29. The predicted molar refractivity (Wildman–Crippen MR) is 65.4 cm³/mol. The van der Waals surface area contributed by atoms with Gasteiger partial charge in [0.2, 0.25) is 0 Å². The summed E-state index contributed by atoms with van der Waals surface area (Å²) in [6.45, 7) is 0.614. The number of nitrogens with one attached hydrogen (secondary N) is 1. The van der Waals surface area contributed by atoms with E-state index in [4.69, 9.17) is 22.2 Å². The molecule has 3 N–H and O–H groups in total. The van der Waals surface area contributed by atoms with Crippen LogP contribution >= 0.6 is 11.6 Å². The first-order valence-corrected chi connectivity index (χ1v) is 6.02. The highest BCUT2D eigenvalue weighted by atomic mass is 35.5. The van der Waals surface area contributed by atoms with Crippen LogP contribution in [0.5, 0.6) is 5.75 Å². The van der Waals surface area contributed by atoms with Crippen molar-refractivity contribution >= 4 is 11.6 Å². The van der Waals surface area contributed by atoms with E-state index in [1.165, 1.54) is 19.3 Å². The minimum atomic E-state index is 0.254. The molecule has 0 spiro atoms. The highest BCUT2D eigenvalue weighted by molar-refractivity contribution is 6.30. The Morgan fingerprint density at radius 3 is 2.56 bits per heavy atom. The molecule has 0 amide bonds. The van der Waals surface area contributed by atoms with Crippen LogP contribution in [0.2, 0.25) is 5.02 Å². The van der Waals surface area contributed by atoms with Gasteiger partial charge in [0, 0.05) is 5.02 Å². The zero-order chi connectivity index (χ0) is 11.4. The van der Waals surface area contributed by atoms with Crippen LogP contribution in [-0.4, -0.2) is 12.6 Å². The van der Waals surface area contributed by atoms with Crippen LogP contribution in [0.15, 0.2) is 24.3 Å². The van der Waals surface area contributed by atoms with Gasteiger partial charge in [0.15, 0.2) is 0 Å². The summed E-state index contributed by atoms with van der Waals surface area (Å²) in [6, 6.07) is 7.65. The SMILES string of the molecule is NNC(COc1ccc(Cl)cc1)C1CCC1. The lowest BCUT2D eigenvalue weighted by atomic mass is 9.80. The Kier molecular flexibility index (Phi) is 4.04. The monoisotopic (exact) mass is 240 g/mol. The van der Waals surface area contributed by atoms with E-state index in [1.807, 2.05) is 24.3 Å². The van der Waals surface area contributed by atoms with Gasteiger partial charge in [-0.15, -0.1) is 0 Å². The van der Waals surface area contributed by atoms with Crippen LogP contribution in [-0.2, 0) is 0 Å². The molecule has 1 unspecified atom stereocenters. The second-order valence-electron chi connectivity index (χ2n) is 4.23. The van der Waals surface area contributed by atoms with Crippen molar-refractivity contribution in [2.45, 2.75) is 25.3 Å². The summed E-state index contributed by atoms with van der Waals surface area (Å²) in [6.07, 6.45) is 3.81. The van der Waals surface area contributed by atoms with Gasteiger partial charge in [-0.1, -0.05) is 18.0 Å². The lowest BCUT2D eigenvalue weighted by Crippen LogP contribution is -2.47. The van der Waals surface area contributed by atoms with Gasteiger partial charge >= 0.3 is 0 Å². The number of nitrogens with two attached hydrogens (primary N) is 1. The first-order valence-electron chi connectivity index (χ1n) is 5.64. The molecule has 1 fully saturated rings. The molecule has 4 heteroatoms. The van der Waals surface area contributed by atoms with Gasteiger partial charge in [-0.3, -0.25) is 11.3 Å². The van der Waals surface area contributed by atoms with E-state index in [9.17, 15) is 0 Å². The molecule has 0 aliphatic heterocycles. The van der Waals surface area contributed by atoms with E-state index in [0.717, 1.165) is 10.8 Å². The molecule has 0 saturated heterocycles. The van der Waals surface area contributed by atoms with E-state index in [-0.39, 0.29) is 6.04 Å². The fraction of sp³-hybridized carbons (Fsp3) is 0.500. The van der Waals surface area contributed by atoms with Crippen molar-refractivity contribution in [3.63, 3.8) is 0 Å². The average Bonchev–Trinajstić information content (AvgIpc) is 2.23. The molecule has 0 aromatic heterocycles. The zero-order valence-corrected chi connectivity index (χ0v) is 9.91. The maximum Gasteiger partial charge on any atom is 0.119 e. The maximum absolute atomic E-state index is 5.80. The third-order valence-electron chi connectivity index (χ3n) is 3.18. The number of halogens is 1. The van der Waals surface area contributed by atoms with Crippen LogP contribution in [0.1, 0.15) is 19.3 Å². The van der Waals surface area contributed by atoms with Crippen LogP contribution in [0.25, 0.3) is 0 Å². The van der Waals surface area contributed by atoms with Crippen molar-refractivity contribution in [1.29, 1.82) is 0 Å². The molecule has 1 aromatic rings. The summed E-state index contributed by atoms with van der Waals surface area (Å²) in [5, 5.41) is 0.722. The van der Waals surface area contributed by atoms with Gasteiger partial charge in [-0.2, -0.15) is 0 Å². The van der Waals surface area contributed by atoms with E-state index in [1.54, 1.807) is 0 Å². The normalized spacial score (nSPS) is 17.9. The molecule has 0 bridgehead atoms. The first-order chi connectivity index (χ1) is 7.79. The Bertz CT molecular complexity index is 324. The van der Waals surface area contributed by atoms with Crippen molar-refractivity contribution in [3.8, 4) is 5.75 Å². The molecule has 1 aliphatic carbocycles. The van der Waals surface area contributed by atoms with Crippen molar-refractivity contribution in [1.82, 2.24) is 5.43 Å². The Hall–Kier alpha value is -0.770. The summed E-state index contributed by atoms with van der Waals surface area (Å²) in [4.78, 5) is 0. The largest absolute Gasteiger partial charge is 0.492 e. The minimum absolute atomic E-state index is 0.254. The molecule has 3 nitrogen and oxygen atoms in total. The molecule has 1 aliphatic rings. The Labute approximate surface area is 101 Å². The molecular weight excluding hydrogens is 224 g/mol. The highest BCUT2D eigenvalue weighted by Gasteiger charge is 2.26. The summed E-state index contributed by atoms with van der Waals surface area (Å²) in [7, 11) is 0. The standard InChI is InChI=1S/C12H17ClN2O/c13-10-4-6-11(7-5-10)16-8-12(15-14)9-2-1-3-9/h4-7,9,12,15H,1-3,8,14H2. The number of rotatable bonds is 5. The summed E-state index contributed by atoms with van der Waals surface area (Å²) in [5.41, 5.74) is 2.83. The van der Waals surface area contributed by atoms with E-state index in [0.29, 0.717) is 12.5 Å². The molecule has 88 valence electrons. The Morgan fingerprint density at radius 2 is 2.06 bits per heavy atom. The lowest BCUT2D eigenvalue weighted by molar-refractivity contribution is 0.162. The van der Waals surface area contributed by atoms with Gasteiger partial charge in [-0.05, 0) is 43.0 Å². The second kappa shape index (κ2) is 5.53. The van der Waals surface area contributed by atoms with E-state index < -0.39 is 0 Å². The van der Waals surface area contributed by atoms with Gasteiger partial charge in [0.25, 0.3) is 0 Å². The molecule has 0 radical (unpaired) electrons. The molecule has 1 saturated carbocycles. The number of hydrogen-bond donors (Lipinski definition) is 2. The summed E-state index contributed by atoms with van der Waals surface area (Å²) in [5.74, 6) is 7.02. The Morgan fingerprint density at radius 1 is 1.38 bits per heavy atom. The number of hydrazine groups is 1. The number of ether oxygens (including phenoxy) is 1. The molecule has 1 atom stereocenters. The average molecular weight is 241 g/mol. The summed E-state index contributed by atoms with van der Waals surface area (Å²) >= 11 is 5.80. The third-order valence-corrected chi connectivity index (χ3v) is 3.43. The van der Waals surface area contributed by atoms with E-state index in [2.05, 4.69) is 5.43 Å².